The molecule has 1 aromatic carbocycles. The zero-order valence-corrected chi connectivity index (χ0v) is 15.2. The second-order valence-corrected chi connectivity index (χ2v) is 7.20. The summed E-state index contributed by atoms with van der Waals surface area (Å²) in [5.41, 5.74) is 1.50. The van der Waals surface area contributed by atoms with Gasteiger partial charge < -0.3 is 19.6 Å². The van der Waals surface area contributed by atoms with Gasteiger partial charge in [0.25, 0.3) is 5.91 Å². The molecule has 1 N–H and O–H groups in total. The van der Waals surface area contributed by atoms with Crippen molar-refractivity contribution in [2.45, 2.75) is 45.0 Å². The molecule has 2 aliphatic heterocycles. The van der Waals surface area contributed by atoms with E-state index in [4.69, 9.17) is 4.74 Å². The third-order valence-electron chi connectivity index (χ3n) is 5.10. The van der Waals surface area contributed by atoms with E-state index >= 15 is 0 Å². The molecule has 1 fully saturated rings. The van der Waals surface area contributed by atoms with Gasteiger partial charge >= 0.3 is 5.97 Å². The molecule has 7 heteroatoms. The third-order valence-corrected chi connectivity index (χ3v) is 5.10. The number of rotatable bonds is 4. The van der Waals surface area contributed by atoms with Gasteiger partial charge in [0, 0.05) is 25.1 Å². The maximum absolute atomic E-state index is 13.3. The highest BCUT2D eigenvalue weighted by Gasteiger charge is 2.46. The molecular weight excluding hydrogens is 336 g/mol. The van der Waals surface area contributed by atoms with E-state index in [9.17, 15) is 19.5 Å². The molecular formula is C19H24N2O5. The second-order valence-electron chi connectivity index (χ2n) is 7.20. The monoisotopic (exact) mass is 360 g/mol. The summed E-state index contributed by atoms with van der Waals surface area (Å²) in [6.45, 7) is 4.18. The topological polar surface area (TPSA) is 87.2 Å². The zero-order chi connectivity index (χ0) is 19.0. The van der Waals surface area contributed by atoms with Crippen molar-refractivity contribution in [3.8, 4) is 0 Å². The van der Waals surface area contributed by atoms with Crippen LogP contribution < -0.4 is 0 Å². The van der Waals surface area contributed by atoms with Crippen LogP contribution in [0.25, 0.3) is 0 Å². The van der Waals surface area contributed by atoms with Crippen LogP contribution in [0.3, 0.4) is 0 Å². The van der Waals surface area contributed by atoms with Gasteiger partial charge in [-0.25, -0.2) is 4.79 Å². The number of esters is 1. The summed E-state index contributed by atoms with van der Waals surface area (Å²) in [4.78, 5) is 41.0. The van der Waals surface area contributed by atoms with E-state index in [2.05, 4.69) is 0 Å². The summed E-state index contributed by atoms with van der Waals surface area (Å²) in [7, 11) is 1.26. The number of β-amino-alcohol motifs (C(OH)–C–C–N with tert-alkyl or cyclic N) is 1. The van der Waals surface area contributed by atoms with Gasteiger partial charge in [0.2, 0.25) is 5.91 Å². The highest BCUT2D eigenvalue weighted by Crippen LogP contribution is 2.30. The second kappa shape index (κ2) is 7.07. The summed E-state index contributed by atoms with van der Waals surface area (Å²) < 4.78 is 4.78. The van der Waals surface area contributed by atoms with E-state index in [0.717, 1.165) is 5.56 Å². The smallest absolute Gasteiger partial charge is 0.328 e. The minimum atomic E-state index is -0.816. The van der Waals surface area contributed by atoms with Crippen molar-refractivity contribution in [3.05, 3.63) is 35.4 Å². The average Bonchev–Trinajstić information content (AvgIpc) is 3.15. The number of carbonyl (C=O) groups excluding carboxylic acids is 3. The Morgan fingerprint density at radius 2 is 1.96 bits per heavy atom. The maximum Gasteiger partial charge on any atom is 0.328 e. The molecule has 1 aromatic rings. The van der Waals surface area contributed by atoms with Gasteiger partial charge in [-0.05, 0) is 17.5 Å². The molecule has 3 rings (SSSR count). The van der Waals surface area contributed by atoms with Crippen LogP contribution in [0.5, 0.6) is 0 Å². The minimum Gasteiger partial charge on any atom is -0.467 e. The molecule has 0 radical (unpaired) electrons. The average molecular weight is 360 g/mol. The van der Waals surface area contributed by atoms with Gasteiger partial charge in [-0.15, -0.1) is 0 Å². The van der Waals surface area contributed by atoms with Gasteiger partial charge in [-0.2, -0.15) is 0 Å². The Hall–Kier alpha value is -2.41. The maximum atomic E-state index is 13.3. The van der Waals surface area contributed by atoms with Crippen LogP contribution in [0, 0.1) is 5.92 Å². The molecule has 140 valence electrons. The fraction of sp³-hybridized carbons (Fsp3) is 0.526. The van der Waals surface area contributed by atoms with Crippen LogP contribution in [0.1, 0.15) is 36.2 Å². The Balaban J connectivity index is 1.88. The van der Waals surface area contributed by atoms with Gasteiger partial charge in [-0.1, -0.05) is 32.0 Å². The number of likely N-dealkylation sites (tertiary alicyclic amines) is 1. The first-order valence-corrected chi connectivity index (χ1v) is 8.80. The number of amides is 2. The summed E-state index contributed by atoms with van der Waals surface area (Å²) in [6.07, 6.45) is -0.625. The fourth-order valence-corrected chi connectivity index (χ4v) is 3.87. The minimum absolute atomic E-state index is 0.0663. The highest BCUT2D eigenvalue weighted by atomic mass is 16.5. The molecule has 2 aliphatic rings. The Morgan fingerprint density at radius 1 is 1.27 bits per heavy atom. The Labute approximate surface area is 152 Å². The van der Waals surface area contributed by atoms with E-state index in [1.807, 2.05) is 26.0 Å². The number of carbonyl (C=O) groups is 3. The van der Waals surface area contributed by atoms with E-state index in [1.165, 1.54) is 12.0 Å². The van der Waals surface area contributed by atoms with Gasteiger partial charge in [0.1, 0.15) is 12.1 Å². The molecule has 0 spiro atoms. The van der Waals surface area contributed by atoms with E-state index in [1.54, 1.807) is 17.0 Å². The first-order chi connectivity index (χ1) is 12.3. The normalized spacial score (nSPS) is 23.3. The van der Waals surface area contributed by atoms with Crippen molar-refractivity contribution in [2.75, 3.05) is 13.7 Å². The first kappa shape index (κ1) is 18.4. The largest absolute Gasteiger partial charge is 0.467 e. The van der Waals surface area contributed by atoms with Gasteiger partial charge in [0.15, 0.2) is 0 Å². The lowest BCUT2D eigenvalue weighted by molar-refractivity contribution is -0.153. The lowest BCUT2D eigenvalue weighted by atomic mass is 10.0. The number of nitrogens with zero attached hydrogens (tertiary/aromatic N) is 2. The number of hydrogen-bond acceptors (Lipinski definition) is 5. The number of fused-ring (bicyclic) bond motifs is 1. The van der Waals surface area contributed by atoms with Crippen molar-refractivity contribution in [3.63, 3.8) is 0 Å². The van der Waals surface area contributed by atoms with E-state index in [-0.39, 0.29) is 30.7 Å². The summed E-state index contributed by atoms with van der Waals surface area (Å²) in [5, 5.41) is 9.96. The third kappa shape index (κ3) is 3.07. The lowest BCUT2D eigenvalue weighted by Gasteiger charge is -2.34. The molecule has 0 aliphatic carbocycles. The van der Waals surface area contributed by atoms with Crippen LogP contribution in [0.15, 0.2) is 24.3 Å². The van der Waals surface area contributed by atoms with Crippen molar-refractivity contribution in [2.24, 2.45) is 5.92 Å². The number of methoxy groups -OCH3 is 1. The van der Waals surface area contributed by atoms with Gasteiger partial charge in [-0.3, -0.25) is 9.59 Å². The number of aliphatic hydroxyl groups is 1. The predicted octanol–water partition coefficient (Wildman–Crippen LogP) is 0.802. The molecule has 3 atom stereocenters. The molecule has 2 amide bonds. The van der Waals surface area contributed by atoms with Crippen molar-refractivity contribution in [1.82, 2.24) is 9.80 Å². The Bertz CT molecular complexity index is 732. The summed E-state index contributed by atoms with van der Waals surface area (Å²) in [6, 6.07) is 5.79. The number of aliphatic hydroxyl groups excluding tert-OH is 1. The van der Waals surface area contributed by atoms with Crippen molar-refractivity contribution in [1.29, 1.82) is 0 Å². The van der Waals surface area contributed by atoms with Crippen molar-refractivity contribution < 1.29 is 24.2 Å². The molecule has 2 heterocycles. The number of benzene rings is 1. The molecule has 26 heavy (non-hydrogen) atoms. The molecule has 0 saturated carbocycles. The van der Waals surface area contributed by atoms with Crippen LogP contribution in [-0.4, -0.2) is 64.5 Å². The number of ether oxygens (including phenoxy) is 1. The zero-order valence-electron chi connectivity index (χ0n) is 15.2. The van der Waals surface area contributed by atoms with Gasteiger partial charge in [0.05, 0.1) is 13.2 Å². The number of hydrogen-bond donors (Lipinski definition) is 1. The van der Waals surface area contributed by atoms with Crippen molar-refractivity contribution >= 4 is 17.8 Å². The Morgan fingerprint density at radius 3 is 2.58 bits per heavy atom. The standard InChI is InChI=1S/C19H24N2O5/c1-11(2)16(21-9-12-6-4-5-7-14(12)17(21)23)18(24)20-10-13(22)8-15(20)19(25)26-3/h4-7,11,13,15-16,22H,8-10H2,1-3H3/t13?,15?,16-/m0/s1. The molecule has 0 bridgehead atoms. The molecule has 2 unspecified atom stereocenters. The summed E-state index contributed by atoms with van der Waals surface area (Å²) >= 11 is 0. The Kier molecular flexibility index (Phi) is 5.00. The fourth-order valence-electron chi connectivity index (χ4n) is 3.87. The van der Waals surface area contributed by atoms with E-state index < -0.39 is 24.2 Å². The molecule has 1 saturated heterocycles. The molecule has 7 nitrogen and oxygen atoms in total. The lowest BCUT2D eigenvalue weighted by Crippen LogP contribution is -2.54. The first-order valence-electron chi connectivity index (χ1n) is 8.80. The summed E-state index contributed by atoms with van der Waals surface area (Å²) in [5.74, 6) is -1.19. The van der Waals surface area contributed by atoms with Crippen LogP contribution >= 0.6 is 0 Å². The van der Waals surface area contributed by atoms with E-state index in [0.29, 0.717) is 12.1 Å². The van der Waals surface area contributed by atoms with Crippen LogP contribution in [-0.2, 0) is 20.9 Å². The predicted molar refractivity (Wildman–Crippen MR) is 93.1 cm³/mol. The SMILES string of the molecule is COC(=O)C1CC(O)CN1C(=O)[C@H](C(C)C)N1Cc2ccccc2C1=O. The van der Waals surface area contributed by atoms with Crippen LogP contribution in [0.2, 0.25) is 0 Å². The van der Waals surface area contributed by atoms with Crippen LogP contribution in [0.4, 0.5) is 0 Å². The quantitative estimate of drug-likeness (QED) is 0.803. The molecule has 0 aromatic heterocycles. The highest BCUT2D eigenvalue weighted by molar-refractivity contribution is 6.01.